The minimum atomic E-state index is -4.86. The Morgan fingerprint density at radius 3 is 2.22 bits per heavy atom. The van der Waals surface area contributed by atoms with Crippen LogP contribution in [0.2, 0.25) is 5.02 Å². The molecule has 13 heteroatoms. The number of anilines is 2. The summed E-state index contributed by atoms with van der Waals surface area (Å²) in [5.74, 6) is -2.20. The number of carbonyl (C=O) groups is 3. The highest BCUT2D eigenvalue weighted by atomic mass is 35.5. The van der Waals surface area contributed by atoms with E-state index >= 15 is 0 Å². The van der Waals surface area contributed by atoms with Gasteiger partial charge in [-0.1, -0.05) is 29.8 Å². The van der Waals surface area contributed by atoms with E-state index in [0.717, 1.165) is 0 Å². The van der Waals surface area contributed by atoms with E-state index in [1.165, 1.54) is 30.5 Å². The van der Waals surface area contributed by atoms with Crippen LogP contribution in [0, 0.1) is 6.92 Å². The minimum absolute atomic E-state index is 0.00298. The van der Waals surface area contributed by atoms with Gasteiger partial charge in [-0.25, -0.2) is 9.67 Å². The molecule has 2 heterocycles. The lowest BCUT2D eigenvalue weighted by Gasteiger charge is -2.17. The fourth-order valence-corrected chi connectivity index (χ4v) is 4.02. The highest BCUT2D eigenvalue weighted by molar-refractivity contribution is 6.32. The summed E-state index contributed by atoms with van der Waals surface area (Å²) in [4.78, 5) is 43.2. The highest BCUT2D eigenvalue weighted by Crippen LogP contribution is 2.31. The Kier molecular flexibility index (Phi) is 8.43. The number of aryl methyl sites for hydroxylation is 1. The van der Waals surface area contributed by atoms with Gasteiger partial charge in [-0.2, -0.15) is 18.3 Å². The van der Waals surface area contributed by atoms with Gasteiger partial charge in [0.25, 0.3) is 17.7 Å². The van der Waals surface area contributed by atoms with Crippen molar-refractivity contribution in [2.45, 2.75) is 33.0 Å². The second kappa shape index (κ2) is 11.8. The number of hydrogen-bond acceptors (Lipinski definition) is 5. The van der Waals surface area contributed by atoms with Gasteiger partial charge in [0.2, 0.25) is 0 Å². The third kappa shape index (κ3) is 6.72. The first-order valence-electron chi connectivity index (χ1n) is 12.3. The number of benzene rings is 2. The van der Waals surface area contributed by atoms with E-state index in [1.807, 2.05) is 0 Å². The first-order chi connectivity index (χ1) is 19.3. The van der Waals surface area contributed by atoms with E-state index in [2.05, 4.69) is 26.0 Å². The lowest BCUT2D eigenvalue weighted by atomic mass is 10.0. The number of hydrogen-bond donors (Lipinski definition) is 3. The molecule has 0 aliphatic heterocycles. The number of nitrogens with zero attached hydrogens (tertiary/aromatic N) is 3. The first-order valence-corrected chi connectivity index (χ1v) is 12.6. The summed E-state index contributed by atoms with van der Waals surface area (Å²) in [6.45, 7) is 5.10. The molecule has 0 unspecified atom stereocenters. The Morgan fingerprint density at radius 1 is 0.902 bits per heavy atom. The van der Waals surface area contributed by atoms with E-state index in [4.69, 9.17) is 11.6 Å². The number of amides is 3. The normalized spacial score (nSPS) is 11.3. The van der Waals surface area contributed by atoms with Crippen molar-refractivity contribution in [1.82, 2.24) is 20.1 Å². The molecule has 9 nitrogen and oxygen atoms in total. The van der Waals surface area contributed by atoms with Crippen LogP contribution in [0.4, 0.5) is 24.5 Å². The maximum absolute atomic E-state index is 13.6. The summed E-state index contributed by atoms with van der Waals surface area (Å²) < 4.78 is 41.4. The molecule has 3 amide bonds. The number of aromatic nitrogens is 3. The van der Waals surface area contributed by atoms with Crippen molar-refractivity contribution in [3.05, 3.63) is 100.0 Å². The van der Waals surface area contributed by atoms with Gasteiger partial charge in [0.1, 0.15) is 5.69 Å². The molecule has 3 N–H and O–H groups in total. The summed E-state index contributed by atoms with van der Waals surface area (Å²) in [6.07, 6.45) is -3.57. The molecular weight excluding hydrogens is 561 g/mol. The number of alkyl halides is 3. The van der Waals surface area contributed by atoms with Gasteiger partial charge in [0.05, 0.1) is 16.3 Å². The number of halogens is 4. The maximum atomic E-state index is 13.6. The van der Waals surface area contributed by atoms with Crippen molar-refractivity contribution in [3.63, 3.8) is 0 Å². The van der Waals surface area contributed by atoms with Gasteiger partial charge in [0, 0.05) is 29.6 Å². The van der Waals surface area contributed by atoms with Crippen molar-refractivity contribution in [3.8, 4) is 5.82 Å². The van der Waals surface area contributed by atoms with Crippen LogP contribution in [-0.4, -0.2) is 38.5 Å². The van der Waals surface area contributed by atoms with Gasteiger partial charge in [-0.15, -0.1) is 0 Å². The summed E-state index contributed by atoms with van der Waals surface area (Å²) in [5, 5.41) is 11.5. The molecule has 2 aromatic heterocycles. The Balaban J connectivity index is 1.75. The molecule has 2 aromatic carbocycles. The predicted octanol–water partition coefficient (Wildman–Crippen LogP) is 5.89. The Bertz CT molecular complexity index is 1620. The van der Waals surface area contributed by atoms with Crippen molar-refractivity contribution in [2.75, 3.05) is 10.6 Å². The Morgan fingerprint density at radius 2 is 1.59 bits per heavy atom. The van der Waals surface area contributed by atoms with Crippen molar-refractivity contribution in [2.24, 2.45) is 0 Å². The van der Waals surface area contributed by atoms with Crippen molar-refractivity contribution < 1.29 is 27.6 Å². The second-order valence-corrected chi connectivity index (χ2v) is 9.66. The lowest BCUT2D eigenvalue weighted by molar-refractivity contribution is -0.141. The van der Waals surface area contributed by atoms with Crippen LogP contribution in [0.1, 0.15) is 56.3 Å². The van der Waals surface area contributed by atoms with Crippen LogP contribution < -0.4 is 16.0 Å². The van der Waals surface area contributed by atoms with Crippen LogP contribution in [0.25, 0.3) is 5.82 Å². The molecule has 0 aliphatic carbocycles. The monoisotopic (exact) mass is 584 g/mol. The van der Waals surface area contributed by atoms with Gasteiger partial charge in [-0.3, -0.25) is 14.4 Å². The third-order valence-corrected chi connectivity index (χ3v) is 6.03. The van der Waals surface area contributed by atoms with Gasteiger partial charge >= 0.3 is 6.18 Å². The molecule has 0 saturated heterocycles. The zero-order valence-corrected chi connectivity index (χ0v) is 22.8. The molecule has 0 saturated carbocycles. The van der Waals surface area contributed by atoms with Crippen LogP contribution in [0.15, 0.2) is 66.9 Å². The summed E-state index contributed by atoms with van der Waals surface area (Å²) >= 11 is 6.13. The molecule has 0 fully saturated rings. The molecule has 4 rings (SSSR count). The van der Waals surface area contributed by atoms with Gasteiger partial charge in [0.15, 0.2) is 11.5 Å². The lowest BCUT2D eigenvalue weighted by Crippen LogP contribution is -2.31. The van der Waals surface area contributed by atoms with Crippen LogP contribution >= 0.6 is 11.6 Å². The average Bonchev–Trinajstić information content (AvgIpc) is 3.36. The van der Waals surface area contributed by atoms with Crippen molar-refractivity contribution >= 4 is 40.7 Å². The van der Waals surface area contributed by atoms with E-state index in [9.17, 15) is 27.6 Å². The van der Waals surface area contributed by atoms with E-state index in [0.29, 0.717) is 27.6 Å². The highest BCUT2D eigenvalue weighted by Gasteiger charge is 2.37. The summed E-state index contributed by atoms with van der Waals surface area (Å²) in [7, 11) is 0. The van der Waals surface area contributed by atoms with Crippen LogP contribution in [0.3, 0.4) is 0 Å². The summed E-state index contributed by atoms with van der Waals surface area (Å²) in [6, 6.07) is 14.4. The Labute approximate surface area is 237 Å². The molecule has 0 atom stereocenters. The molecule has 0 bridgehead atoms. The Hall–Kier alpha value is -4.71. The average molecular weight is 585 g/mol. The smallest absolute Gasteiger partial charge is 0.350 e. The number of nitrogens with one attached hydrogen (secondary N) is 3. The zero-order valence-electron chi connectivity index (χ0n) is 22.0. The fourth-order valence-electron chi connectivity index (χ4n) is 3.82. The predicted molar refractivity (Wildman–Crippen MR) is 148 cm³/mol. The van der Waals surface area contributed by atoms with Crippen LogP contribution in [0.5, 0.6) is 0 Å². The maximum Gasteiger partial charge on any atom is 0.435 e. The zero-order chi connectivity index (χ0) is 29.9. The minimum Gasteiger partial charge on any atom is -0.350 e. The SMILES string of the molecule is Cc1cc(NC(=O)c2cc(C(F)(F)F)nn2-c2ncccc2Cl)c(C(=O)NC(C)C)cc1NC(=O)c1ccccc1. The number of pyridine rings is 1. The van der Waals surface area contributed by atoms with Crippen molar-refractivity contribution in [1.29, 1.82) is 0 Å². The molecule has 0 spiro atoms. The molecule has 212 valence electrons. The van der Waals surface area contributed by atoms with Crippen LogP contribution in [-0.2, 0) is 6.18 Å². The number of rotatable bonds is 7. The standard InChI is InChI=1S/C28H24ClF3N6O3/c1-15(2)34-26(40)18-13-20(35-25(39)17-8-5-4-6-9-17)16(3)12-21(18)36-27(41)22-14-23(28(30,31)32)37-38(22)24-19(29)10-7-11-33-24/h4-15H,1-3H3,(H,34,40)(H,35,39)(H,36,41). The van der Waals surface area contributed by atoms with Gasteiger partial charge in [-0.05, 0) is 62.7 Å². The summed E-state index contributed by atoms with van der Waals surface area (Å²) in [5.41, 5.74) is -0.724. The second-order valence-electron chi connectivity index (χ2n) is 9.25. The molecule has 0 radical (unpaired) electrons. The van der Waals surface area contributed by atoms with E-state index in [1.54, 1.807) is 51.1 Å². The molecular formula is C28H24ClF3N6O3. The largest absolute Gasteiger partial charge is 0.435 e. The molecule has 4 aromatic rings. The fraction of sp³-hybridized carbons (Fsp3) is 0.179. The quantitative estimate of drug-likeness (QED) is 0.250. The third-order valence-electron chi connectivity index (χ3n) is 5.73. The van der Waals surface area contributed by atoms with E-state index < -0.39 is 35.3 Å². The molecule has 0 aliphatic rings. The topological polar surface area (TPSA) is 118 Å². The first kappa shape index (κ1) is 29.3. The number of carbonyl (C=O) groups excluding carboxylic acids is 3. The van der Waals surface area contributed by atoms with E-state index in [-0.39, 0.29) is 28.1 Å². The molecule has 41 heavy (non-hydrogen) atoms. The van der Waals surface area contributed by atoms with Gasteiger partial charge < -0.3 is 16.0 Å².